The highest BCUT2D eigenvalue weighted by Gasteiger charge is 2.02. The number of nitrogens with two attached hydrogens (primary N) is 4. The Morgan fingerprint density at radius 1 is 0.636 bits per heavy atom. The molecule has 116 valence electrons. The summed E-state index contributed by atoms with van der Waals surface area (Å²) < 4.78 is 0. The molecule has 0 aliphatic heterocycles. The van der Waals surface area contributed by atoms with Gasteiger partial charge in [-0.3, -0.25) is 9.59 Å². The van der Waals surface area contributed by atoms with Crippen molar-refractivity contribution in [1.29, 1.82) is 0 Å². The molecule has 0 spiro atoms. The van der Waals surface area contributed by atoms with Crippen LogP contribution >= 0.6 is 0 Å². The highest BCUT2D eigenvalue weighted by atomic mass is 16.1. The Morgan fingerprint density at radius 2 is 0.909 bits per heavy atom. The van der Waals surface area contributed by atoms with Crippen molar-refractivity contribution < 1.29 is 9.59 Å². The number of amides is 2. The first-order chi connectivity index (χ1) is 10.5. The number of hydrogen-bond acceptors (Lipinski definition) is 4. The first-order valence-electron chi connectivity index (χ1n) is 6.65. The molecule has 0 aliphatic rings. The molecule has 0 bridgehead atoms. The summed E-state index contributed by atoms with van der Waals surface area (Å²) in [5.41, 5.74) is 23.8. The van der Waals surface area contributed by atoms with E-state index in [1.165, 1.54) is 24.3 Å². The van der Waals surface area contributed by atoms with Crippen molar-refractivity contribution in [2.24, 2.45) is 22.9 Å². The van der Waals surface area contributed by atoms with E-state index in [-0.39, 0.29) is 0 Å². The van der Waals surface area contributed by atoms with E-state index in [0.717, 1.165) is 11.1 Å². The van der Waals surface area contributed by atoms with Gasteiger partial charge in [0.2, 0.25) is 11.8 Å². The van der Waals surface area contributed by atoms with Crippen LogP contribution in [0.15, 0.2) is 48.5 Å². The lowest BCUT2D eigenvalue weighted by Crippen LogP contribution is -2.13. The Morgan fingerprint density at radius 3 is 1.09 bits per heavy atom. The van der Waals surface area contributed by atoms with Gasteiger partial charge in [0.25, 0.3) is 0 Å². The summed E-state index contributed by atoms with van der Waals surface area (Å²) in [4.78, 5) is 21.2. The van der Waals surface area contributed by atoms with E-state index >= 15 is 0 Å². The average molecular weight is 300 g/mol. The summed E-state index contributed by atoms with van der Waals surface area (Å²) in [6.45, 7) is 1.20. The van der Waals surface area contributed by atoms with Crippen LogP contribution in [0.25, 0.3) is 0 Å². The zero-order chi connectivity index (χ0) is 16.5. The minimum Gasteiger partial charge on any atom is -0.366 e. The molecule has 0 aromatic heterocycles. The van der Waals surface area contributed by atoms with Crippen LogP contribution in [-0.2, 0) is 13.1 Å². The Labute approximate surface area is 129 Å². The molecule has 8 N–H and O–H groups in total. The summed E-state index contributed by atoms with van der Waals surface area (Å²) in [5.74, 6) is -1.04. The number of carbonyl (C=O) groups excluding carboxylic acids is 2. The number of hydrogen-bond donors (Lipinski definition) is 4. The van der Waals surface area contributed by atoms with Crippen molar-refractivity contribution in [3.05, 3.63) is 70.8 Å². The topological polar surface area (TPSA) is 138 Å². The number of rotatable bonds is 4. The monoisotopic (exact) mass is 300 g/mol. The first kappa shape index (κ1) is 17.4. The molecule has 0 unspecified atom stereocenters. The molecular formula is C16H20N4O2. The van der Waals surface area contributed by atoms with Crippen molar-refractivity contribution in [3.8, 4) is 0 Å². The summed E-state index contributed by atoms with van der Waals surface area (Å²) in [5, 5.41) is 0. The molecule has 2 aromatic rings. The summed E-state index contributed by atoms with van der Waals surface area (Å²) >= 11 is 0. The predicted molar refractivity (Wildman–Crippen MR) is 85.7 cm³/mol. The maximum Gasteiger partial charge on any atom is 0.248 e. The zero-order valence-corrected chi connectivity index (χ0v) is 12.2. The molecule has 0 saturated carbocycles. The Kier molecular flexibility index (Phi) is 6.75. The summed E-state index contributed by atoms with van der Waals surface area (Å²) in [6, 6.07) is 13.9. The second-order valence-electron chi connectivity index (χ2n) is 4.53. The van der Waals surface area contributed by atoms with Crippen molar-refractivity contribution in [2.45, 2.75) is 13.1 Å². The predicted octanol–water partition coefficient (Wildman–Crippen LogP) is 0.488. The van der Waals surface area contributed by atoms with Gasteiger partial charge in [-0.15, -0.1) is 0 Å². The van der Waals surface area contributed by atoms with E-state index in [0.29, 0.717) is 24.2 Å². The maximum atomic E-state index is 10.6. The minimum atomic E-state index is -0.522. The Hall–Kier alpha value is -2.70. The van der Waals surface area contributed by atoms with Gasteiger partial charge in [0.15, 0.2) is 0 Å². The van der Waals surface area contributed by atoms with Crippen LogP contribution < -0.4 is 22.9 Å². The lowest BCUT2D eigenvalue weighted by Gasteiger charge is -1.97. The summed E-state index contributed by atoms with van der Waals surface area (Å²) in [6.07, 6.45) is 0. The number of primary amides is 2. The maximum absolute atomic E-state index is 10.6. The van der Waals surface area contributed by atoms with Gasteiger partial charge in [-0.05, 0) is 35.4 Å². The van der Waals surface area contributed by atoms with E-state index in [1.807, 2.05) is 24.3 Å². The number of benzene rings is 2. The third kappa shape index (κ3) is 5.35. The van der Waals surface area contributed by atoms with Gasteiger partial charge >= 0.3 is 0 Å². The molecule has 6 heteroatoms. The molecular weight excluding hydrogens is 280 g/mol. The highest BCUT2D eigenvalue weighted by Crippen LogP contribution is 2.02. The molecule has 2 amide bonds. The molecule has 0 saturated heterocycles. The third-order valence-corrected chi connectivity index (χ3v) is 2.95. The molecule has 0 aliphatic carbocycles. The molecule has 0 heterocycles. The lowest BCUT2D eigenvalue weighted by atomic mass is 10.1. The van der Waals surface area contributed by atoms with Gasteiger partial charge < -0.3 is 22.9 Å². The fraction of sp³-hybridized carbons (Fsp3) is 0.125. The van der Waals surface area contributed by atoms with Crippen molar-refractivity contribution >= 4 is 11.8 Å². The van der Waals surface area contributed by atoms with Crippen LogP contribution in [0.5, 0.6) is 0 Å². The van der Waals surface area contributed by atoms with Crippen LogP contribution in [0, 0.1) is 0 Å². The molecule has 0 radical (unpaired) electrons. The Bertz CT molecular complexity index is 566. The van der Waals surface area contributed by atoms with Crippen LogP contribution in [-0.4, -0.2) is 11.8 Å². The molecule has 2 aromatic carbocycles. The van der Waals surface area contributed by atoms with Gasteiger partial charge in [0.05, 0.1) is 0 Å². The van der Waals surface area contributed by atoms with Gasteiger partial charge in [0.1, 0.15) is 0 Å². The molecule has 22 heavy (non-hydrogen) atoms. The van der Waals surface area contributed by atoms with Gasteiger partial charge in [-0.1, -0.05) is 24.3 Å². The smallest absolute Gasteiger partial charge is 0.248 e. The average Bonchev–Trinajstić information content (AvgIpc) is 2.55. The third-order valence-electron chi connectivity index (χ3n) is 2.95. The fourth-order valence-electron chi connectivity index (χ4n) is 1.61. The van der Waals surface area contributed by atoms with Crippen molar-refractivity contribution in [2.75, 3.05) is 0 Å². The summed E-state index contributed by atoms with van der Waals surface area (Å²) in [7, 11) is 0. The number of carbonyl (C=O) groups is 2. The van der Waals surface area contributed by atoms with Crippen LogP contribution in [0.1, 0.15) is 31.8 Å². The quantitative estimate of drug-likeness (QED) is 0.652. The van der Waals surface area contributed by atoms with Crippen LogP contribution in [0.2, 0.25) is 0 Å². The van der Waals surface area contributed by atoms with Gasteiger partial charge in [-0.2, -0.15) is 0 Å². The van der Waals surface area contributed by atoms with Crippen molar-refractivity contribution in [3.63, 3.8) is 0 Å². The molecule has 2 rings (SSSR count). The first-order valence-corrected chi connectivity index (χ1v) is 6.65. The van der Waals surface area contributed by atoms with E-state index in [2.05, 4.69) is 0 Å². The van der Waals surface area contributed by atoms with E-state index < -0.39 is 11.8 Å². The Balaban J connectivity index is 0.000000224. The van der Waals surface area contributed by atoms with Crippen molar-refractivity contribution in [1.82, 2.24) is 0 Å². The van der Waals surface area contributed by atoms with Gasteiger partial charge in [-0.25, -0.2) is 0 Å². The van der Waals surface area contributed by atoms with Crippen LogP contribution in [0.3, 0.4) is 0 Å². The van der Waals surface area contributed by atoms with E-state index in [1.54, 1.807) is 0 Å². The fourth-order valence-corrected chi connectivity index (χ4v) is 1.61. The van der Waals surface area contributed by atoms with Crippen LogP contribution in [0.4, 0.5) is 0 Å². The SMILES string of the molecule is NC(=O)c1ccc(C(N)=O)cc1.NCc1ccc(CN)cc1. The second kappa shape index (κ2) is 8.56. The largest absolute Gasteiger partial charge is 0.366 e. The molecule has 6 nitrogen and oxygen atoms in total. The van der Waals surface area contributed by atoms with E-state index in [9.17, 15) is 9.59 Å². The minimum absolute atomic E-state index is 0.361. The lowest BCUT2D eigenvalue weighted by molar-refractivity contribution is 0.0988. The van der Waals surface area contributed by atoms with Gasteiger partial charge in [0, 0.05) is 24.2 Å². The second-order valence-corrected chi connectivity index (χ2v) is 4.53. The molecule has 0 fully saturated rings. The highest BCUT2D eigenvalue weighted by molar-refractivity contribution is 5.96. The molecule has 0 atom stereocenters. The zero-order valence-electron chi connectivity index (χ0n) is 12.2. The normalized spacial score (nSPS) is 9.55. The van der Waals surface area contributed by atoms with E-state index in [4.69, 9.17) is 22.9 Å². The standard InChI is InChI=1S/C8H8N2O2.C8H12N2/c9-7(11)5-1-2-6(4-3-5)8(10)12;9-5-7-1-2-8(6-10)4-3-7/h1-4H,(H2,9,11)(H2,10,12);1-4H,5-6,9-10H2.